The number of anilines is 2. The van der Waals surface area contributed by atoms with Gasteiger partial charge in [0.15, 0.2) is 22.8 Å². The summed E-state index contributed by atoms with van der Waals surface area (Å²) in [7, 11) is 0. The second-order valence-corrected chi connectivity index (χ2v) is 14.3. The van der Waals surface area contributed by atoms with Gasteiger partial charge in [0.1, 0.15) is 35.9 Å². The number of aliphatic hydroxyl groups is 2. The summed E-state index contributed by atoms with van der Waals surface area (Å²) in [6.45, 7) is 8.59. The molecule has 5 heterocycles. The van der Waals surface area contributed by atoms with Crippen LogP contribution >= 0.6 is 0 Å². The Bertz CT molecular complexity index is 2340. The third kappa shape index (κ3) is 7.94. The molecule has 2 aromatic carbocycles. The fourth-order valence-electron chi connectivity index (χ4n) is 7.62. The fourth-order valence-corrected chi connectivity index (χ4v) is 7.62. The average molecular weight is 771 g/mol. The molecule has 0 bridgehead atoms. The van der Waals surface area contributed by atoms with Crippen molar-refractivity contribution in [1.29, 1.82) is 0 Å². The highest BCUT2D eigenvalue weighted by Crippen LogP contribution is 2.46. The highest BCUT2D eigenvalue weighted by atomic mass is 16.6. The molecular formula is C44H50N8O5. The predicted molar refractivity (Wildman–Crippen MR) is 218 cm³/mol. The summed E-state index contributed by atoms with van der Waals surface area (Å²) < 4.78 is 22.2. The Morgan fingerprint density at radius 1 is 0.877 bits per heavy atom. The molecule has 6 N–H and O–H groups in total. The van der Waals surface area contributed by atoms with Crippen molar-refractivity contribution in [3.63, 3.8) is 0 Å². The van der Waals surface area contributed by atoms with Gasteiger partial charge >= 0.3 is 0 Å². The van der Waals surface area contributed by atoms with Crippen molar-refractivity contribution in [2.45, 2.75) is 89.4 Å². The Morgan fingerprint density at radius 2 is 1.46 bits per heavy atom. The Kier molecular flexibility index (Phi) is 12.6. The van der Waals surface area contributed by atoms with Gasteiger partial charge in [0.2, 0.25) is 0 Å². The van der Waals surface area contributed by atoms with Gasteiger partial charge in [0.05, 0.1) is 36.8 Å². The molecule has 1 fully saturated rings. The summed E-state index contributed by atoms with van der Waals surface area (Å²) >= 11 is 0. The van der Waals surface area contributed by atoms with E-state index in [0.29, 0.717) is 35.6 Å². The highest BCUT2D eigenvalue weighted by molar-refractivity contribution is 5.67. The molecule has 0 saturated carbocycles. The molecule has 0 aliphatic carbocycles. The van der Waals surface area contributed by atoms with Crippen molar-refractivity contribution >= 4 is 22.7 Å². The number of benzene rings is 2. The molecule has 1 saturated heterocycles. The number of ether oxygens (including phenoxy) is 3. The number of aliphatic hydroxyl groups excluding tert-OH is 1. The lowest BCUT2D eigenvalue weighted by Crippen LogP contribution is -2.48. The second kappa shape index (κ2) is 17.6. The van der Waals surface area contributed by atoms with E-state index in [2.05, 4.69) is 45.9 Å². The number of hydrogen-bond acceptors (Lipinski definition) is 11. The number of aromatic nitrogens is 6. The highest BCUT2D eigenvalue weighted by Gasteiger charge is 2.55. The monoisotopic (exact) mass is 770 g/mol. The number of terminal acetylenes is 2. The first-order valence-electron chi connectivity index (χ1n) is 19.0. The van der Waals surface area contributed by atoms with Gasteiger partial charge in [-0.3, -0.25) is 0 Å². The van der Waals surface area contributed by atoms with E-state index in [1.54, 1.807) is 16.6 Å². The minimum atomic E-state index is -1.85. The Labute approximate surface area is 333 Å². The van der Waals surface area contributed by atoms with Gasteiger partial charge in [0, 0.05) is 11.8 Å². The molecule has 13 nitrogen and oxygen atoms in total. The van der Waals surface area contributed by atoms with Crippen LogP contribution in [0, 0.1) is 36.5 Å². The van der Waals surface area contributed by atoms with Crippen molar-refractivity contribution in [3.8, 4) is 24.7 Å². The molecule has 6 aromatic rings. The molecule has 2 unspecified atom stereocenters. The van der Waals surface area contributed by atoms with Crippen LogP contribution < -0.4 is 11.5 Å². The summed E-state index contributed by atoms with van der Waals surface area (Å²) in [5.74, 6) is 5.73. The topological polar surface area (TPSA) is 181 Å². The van der Waals surface area contributed by atoms with Crippen LogP contribution in [0.25, 0.3) is 11.0 Å². The van der Waals surface area contributed by atoms with Crippen LogP contribution in [0.5, 0.6) is 0 Å². The van der Waals surface area contributed by atoms with Crippen LogP contribution in [-0.4, -0.2) is 63.8 Å². The third-order valence-corrected chi connectivity index (χ3v) is 10.8. The first kappa shape index (κ1) is 40.9. The SMILES string of the molecule is C#CC(O)(c1ccc2c(N)ncnn12)[C@H](OCc1ccccc1)[C@H](C)[C@H](O)CC.C#CC1(c2ccc3c(N)ncnn23)O[C@H](CC)[C@@H](C)[C@H]1OCc1ccccc1. The van der Waals surface area contributed by atoms with E-state index in [4.69, 9.17) is 38.5 Å². The van der Waals surface area contributed by atoms with E-state index in [1.807, 2.05) is 86.6 Å². The number of hydrogen-bond donors (Lipinski definition) is 4. The molecule has 4 aromatic heterocycles. The van der Waals surface area contributed by atoms with E-state index in [-0.39, 0.29) is 30.6 Å². The largest absolute Gasteiger partial charge is 0.393 e. The summed E-state index contributed by atoms with van der Waals surface area (Å²) in [6, 6.07) is 26.8. The van der Waals surface area contributed by atoms with Crippen LogP contribution in [0.3, 0.4) is 0 Å². The van der Waals surface area contributed by atoms with E-state index in [1.165, 1.54) is 17.2 Å². The van der Waals surface area contributed by atoms with Gasteiger partial charge in [-0.05, 0) is 48.2 Å². The molecule has 57 heavy (non-hydrogen) atoms. The lowest BCUT2D eigenvalue weighted by Gasteiger charge is -2.37. The molecule has 8 atom stereocenters. The molecule has 13 heteroatoms. The fraction of sp³-hybridized carbons (Fsp3) is 0.364. The minimum Gasteiger partial charge on any atom is -0.393 e. The second-order valence-electron chi connectivity index (χ2n) is 14.3. The quantitative estimate of drug-likeness (QED) is 0.112. The maximum atomic E-state index is 11.6. The zero-order valence-electron chi connectivity index (χ0n) is 32.6. The summed E-state index contributed by atoms with van der Waals surface area (Å²) in [4.78, 5) is 8.03. The maximum absolute atomic E-state index is 11.6. The van der Waals surface area contributed by atoms with Crippen molar-refractivity contribution in [2.75, 3.05) is 11.5 Å². The van der Waals surface area contributed by atoms with E-state index in [9.17, 15) is 10.2 Å². The number of nitrogens with zero attached hydrogens (tertiary/aromatic N) is 6. The Balaban J connectivity index is 0.000000193. The molecule has 0 amide bonds. The number of fused-ring (bicyclic) bond motifs is 2. The van der Waals surface area contributed by atoms with Crippen molar-refractivity contribution in [1.82, 2.24) is 29.2 Å². The van der Waals surface area contributed by atoms with Crippen molar-refractivity contribution in [2.24, 2.45) is 11.8 Å². The number of rotatable bonds is 13. The van der Waals surface area contributed by atoms with Gasteiger partial charge in [-0.1, -0.05) is 100 Å². The molecule has 0 radical (unpaired) electrons. The maximum Gasteiger partial charge on any atom is 0.197 e. The standard InChI is InChI=1S/C22H26N4O3.C22H24N4O2/c1-4-18(27)15(3)20(29-13-16-9-7-6-8-10-16)22(28,5-2)19-12-11-17-21(23)24-14-25-26(17)19;1-4-18-15(3)20(27-13-16-9-7-6-8-10-16)22(5-2,28-18)19-12-11-17-21(23)24-14-25-26(17)19/h2,6-12,14-15,18,20,27-28H,4,13H2,1,3H3,(H2,23,24,25);2,6-12,14-15,18,20H,4,13H2,1,3H3,(H2,23,24,25)/t2*15-,18-,20-,22?/m11/s1. The van der Waals surface area contributed by atoms with Crippen LogP contribution in [0.1, 0.15) is 63.1 Å². The van der Waals surface area contributed by atoms with Crippen LogP contribution in [0.15, 0.2) is 97.6 Å². The summed E-state index contributed by atoms with van der Waals surface area (Å²) in [5, 5.41) is 30.7. The van der Waals surface area contributed by atoms with Crippen LogP contribution in [-0.2, 0) is 38.6 Å². The molecule has 1 aliphatic heterocycles. The third-order valence-electron chi connectivity index (χ3n) is 10.8. The van der Waals surface area contributed by atoms with Gasteiger partial charge in [0.25, 0.3) is 0 Å². The molecule has 296 valence electrons. The van der Waals surface area contributed by atoms with Crippen LogP contribution in [0.4, 0.5) is 11.6 Å². The molecule has 7 rings (SSSR count). The normalized spacial score (nSPS) is 21.8. The van der Waals surface area contributed by atoms with Crippen molar-refractivity contribution < 1.29 is 24.4 Å². The molecular weight excluding hydrogens is 721 g/mol. The Hall–Kier alpha value is -5.80. The first-order valence-corrected chi connectivity index (χ1v) is 19.0. The summed E-state index contributed by atoms with van der Waals surface area (Å²) in [5.41, 5.74) is 13.3. The minimum absolute atomic E-state index is 0.0124. The average Bonchev–Trinajstić information content (AvgIpc) is 3.96. The smallest absolute Gasteiger partial charge is 0.197 e. The predicted octanol–water partition coefficient (Wildman–Crippen LogP) is 5.30. The van der Waals surface area contributed by atoms with E-state index >= 15 is 0 Å². The van der Waals surface area contributed by atoms with Gasteiger partial charge in [-0.2, -0.15) is 10.2 Å². The molecule has 1 aliphatic rings. The summed E-state index contributed by atoms with van der Waals surface area (Å²) in [6.07, 6.45) is 14.0. The van der Waals surface area contributed by atoms with Crippen LogP contribution in [0.2, 0.25) is 0 Å². The van der Waals surface area contributed by atoms with Gasteiger partial charge in [-0.15, -0.1) is 12.8 Å². The lowest BCUT2D eigenvalue weighted by atomic mass is 9.82. The number of nitrogen functional groups attached to an aromatic ring is 2. The number of nitrogens with two attached hydrogens (primary N) is 2. The molecule has 0 spiro atoms. The van der Waals surface area contributed by atoms with Gasteiger partial charge < -0.3 is 35.9 Å². The Morgan fingerprint density at radius 3 is 2.04 bits per heavy atom. The van der Waals surface area contributed by atoms with Crippen molar-refractivity contribution in [3.05, 3.63) is 120 Å². The zero-order chi connectivity index (χ0) is 40.7. The van der Waals surface area contributed by atoms with E-state index < -0.39 is 29.3 Å². The first-order chi connectivity index (χ1) is 27.5. The zero-order valence-corrected chi connectivity index (χ0v) is 32.6. The van der Waals surface area contributed by atoms with E-state index in [0.717, 1.165) is 23.2 Å². The van der Waals surface area contributed by atoms with Gasteiger partial charge in [-0.25, -0.2) is 19.0 Å². The lowest BCUT2D eigenvalue weighted by molar-refractivity contribution is -0.134.